The molecule has 0 heterocycles. The predicted octanol–water partition coefficient (Wildman–Crippen LogP) is 3.44. The summed E-state index contributed by atoms with van der Waals surface area (Å²) < 4.78 is 13.2. The molecule has 88 valence electrons. The maximum atomic E-state index is 13.1. The first kappa shape index (κ1) is 11.9. The number of hydrogen-bond acceptors (Lipinski definition) is 2. The van der Waals surface area contributed by atoms with Crippen LogP contribution in [0, 0.1) is 11.7 Å². The van der Waals surface area contributed by atoms with E-state index in [0.717, 1.165) is 10.8 Å². The monoisotopic (exact) mass is 239 g/mol. The van der Waals surface area contributed by atoms with Gasteiger partial charge in [0.25, 0.3) is 0 Å². The Labute approximate surface area is 101 Å². The molecule has 0 unspecified atom stereocenters. The minimum absolute atomic E-state index is 0.161. The van der Waals surface area contributed by atoms with E-state index in [-0.39, 0.29) is 10.6 Å². The standard InChI is InChI=1S/C13H18FNS/c1-2-10-7-13(8-10,9-15)16-12-5-3-4-11(14)6-12/h3-6,10H,2,7-9,15H2,1H3. The van der Waals surface area contributed by atoms with Crippen molar-refractivity contribution in [3.8, 4) is 0 Å². The van der Waals surface area contributed by atoms with Crippen LogP contribution in [0.5, 0.6) is 0 Å². The minimum atomic E-state index is -0.163. The fourth-order valence-corrected chi connectivity index (χ4v) is 3.89. The molecule has 1 fully saturated rings. The van der Waals surface area contributed by atoms with E-state index < -0.39 is 0 Å². The molecule has 0 aliphatic heterocycles. The number of nitrogens with two attached hydrogens (primary N) is 1. The Hall–Kier alpha value is -0.540. The third-order valence-corrected chi connectivity index (χ3v) is 4.82. The maximum absolute atomic E-state index is 13.1. The van der Waals surface area contributed by atoms with Gasteiger partial charge in [0, 0.05) is 16.2 Å². The average molecular weight is 239 g/mol. The van der Waals surface area contributed by atoms with Crippen LogP contribution >= 0.6 is 11.8 Å². The van der Waals surface area contributed by atoms with Crippen LogP contribution in [-0.4, -0.2) is 11.3 Å². The Kier molecular flexibility index (Phi) is 3.55. The number of hydrogen-bond donors (Lipinski definition) is 1. The third-order valence-electron chi connectivity index (χ3n) is 3.40. The van der Waals surface area contributed by atoms with Crippen LogP contribution < -0.4 is 5.73 Å². The Morgan fingerprint density at radius 3 is 2.81 bits per heavy atom. The Morgan fingerprint density at radius 2 is 2.25 bits per heavy atom. The second-order valence-corrected chi connectivity index (χ2v) is 6.17. The summed E-state index contributed by atoms with van der Waals surface area (Å²) in [4.78, 5) is 1.00. The summed E-state index contributed by atoms with van der Waals surface area (Å²) in [6.45, 7) is 2.91. The zero-order chi connectivity index (χ0) is 11.6. The molecular weight excluding hydrogens is 221 g/mol. The van der Waals surface area contributed by atoms with Crippen molar-refractivity contribution in [1.82, 2.24) is 0 Å². The molecule has 16 heavy (non-hydrogen) atoms. The molecule has 1 aromatic carbocycles. The van der Waals surface area contributed by atoms with Gasteiger partial charge in [0.15, 0.2) is 0 Å². The van der Waals surface area contributed by atoms with Gasteiger partial charge in [0.1, 0.15) is 5.82 Å². The lowest BCUT2D eigenvalue weighted by atomic mass is 9.73. The molecule has 0 radical (unpaired) electrons. The van der Waals surface area contributed by atoms with E-state index in [4.69, 9.17) is 5.73 Å². The van der Waals surface area contributed by atoms with Gasteiger partial charge in [-0.2, -0.15) is 0 Å². The molecule has 0 saturated heterocycles. The molecule has 1 aliphatic carbocycles. The summed E-state index contributed by atoms with van der Waals surface area (Å²) in [5.41, 5.74) is 5.86. The Morgan fingerprint density at radius 1 is 1.50 bits per heavy atom. The van der Waals surface area contributed by atoms with Crippen molar-refractivity contribution in [2.75, 3.05) is 6.54 Å². The first-order chi connectivity index (χ1) is 7.67. The van der Waals surface area contributed by atoms with Crippen molar-refractivity contribution in [3.63, 3.8) is 0 Å². The molecule has 2 rings (SSSR count). The first-order valence-electron chi connectivity index (χ1n) is 5.82. The van der Waals surface area contributed by atoms with Crippen LogP contribution in [0.1, 0.15) is 26.2 Å². The van der Waals surface area contributed by atoms with Gasteiger partial charge in [-0.05, 0) is 37.0 Å². The van der Waals surface area contributed by atoms with Crippen molar-refractivity contribution < 1.29 is 4.39 Å². The first-order valence-corrected chi connectivity index (χ1v) is 6.64. The van der Waals surface area contributed by atoms with Gasteiger partial charge in [-0.3, -0.25) is 0 Å². The van der Waals surface area contributed by atoms with Gasteiger partial charge in [0.05, 0.1) is 0 Å². The summed E-state index contributed by atoms with van der Waals surface area (Å²) in [5, 5.41) is 0. The number of thioether (sulfide) groups is 1. The van der Waals surface area contributed by atoms with E-state index in [9.17, 15) is 4.39 Å². The molecule has 0 aromatic heterocycles. The van der Waals surface area contributed by atoms with E-state index in [1.165, 1.54) is 25.3 Å². The van der Waals surface area contributed by atoms with E-state index >= 15 is 0 Å². The van der Waals surface area contributed by atoms with Gasteiger partial charge in [-0.1, -0.05) is 19.4 Å². The average Bonchev–Trinajstić information content (AvgIpc) is 2.23. The van der Waals surface area contributed by atoms with Crippen LogP contribution in [0.15, 0.2) is 29.2 Å². The lowest BCUT2D eigenvalue weighted by Gasteiger charge is -2.46. The van der Waals surface area contributed by atoms with Gasteiger partial charge >= 0.3 is 0 Å². The summed E-state index contributed by atoms with van der Waals surface area (Å²) in [5.74, 6) is 0.646. The molecule has 3 heteroatoms. The highest BCUT2D eigenvalue weighted by Crippen LogP contribution is 2.51. The molecular formula is C13H18FNS. The van der Waals surface area contributed by atoms with Crippen LogP contribution in [0.3, 0.4) is 0 Å². The molecule has 0 atom stereocenters. The second kappa shape index (κ2) is 4.76. The van der Waals surface area contributed by atoms with E-state index in [2.05, 4.69) is 6.92 Å². The van der Waals surface area contributed by atoms with Crippen LogP contribution in [0.25, 0.3) is 0 Å². The number of benzene rings is 1. The summed E-state index contributed by atoms with van der Waals surface area (Å²) in [7, 11) is 0. The smallest absolute Gasteiger partial charge is 0.124 e. The normalized spacial score (nSPS) is 28.8. The van der Waals surface area contributed by atoms with Crippen molar-refractivity contribution in [2.45, 2.75) is 35.8 Å². The predicted molar refractivity (Wildman–Crippen MR) is 67.1 cm³/mol. The highest BCUT2D eigenvalue weighted by molar-refractivity contribution is 8.00. The van der Waals surface area contributed by atoms with Crippen molar-refractivity contribution in [1.29, 1.82) is 0 Å². The van der Waals surface area contributed by atoms with Crippen LogP contribution in [0.4, 0.5) is 4.39 Å². The molecule has 0 bridgehead atoms. The Balaban J connectivity index is 2.03. The molecule has 0 amide bonds. The molecule has 2 N–H and O–H groups in total. The second-order valence-electron chi connectivity index (χ2n) is 4.63. The molecule has 1 nitrogen and oxygen atoms in total. The largest absolute Gasteiger partial charge is 0.329 e. The highest BCUT2D eigenvalue weighted by Gasteiger charge is 2.42. The number of halogens is 1. The van der Waals surface area contributed by atoms with Crippen LogP contribution in [-0.2, 0) is 0 Å². The third kappa shape index (κ3) is 2.41. The van der Waals surface area contributed by atoms with Crippen molar-refractivity contribution in [2.24, 2.45) is 11.7 Å². The topological polar surface area (TPSA) is 26.0 Å². The molecule has 1 aliphatic rings. The van der Waals surface area contributed by atoms with Crippen molar-refractivity contribution in [3.05, 3.63) is 30.1 Å². The SMILES string of the molecule is CCC1CC(CN)(Sc2cccc(F)c2)C1. The lowest BCUT2D eigenvalue weighted by Crippen LogP contribution is -2.46. The number of rotatable bonds is 4. The lowest BCUT2D eigenvalue weighted by molar-refractivity contribution is 0.229. The summed E-state index contributed by atoms with van der Waals surface area (Å²) in [6.07, 6.45) is 3.56. The van der Waals surface area contributed by atoms with Gasteiger partial charge in [0.2, 0.25) is 0 Å². The van der Waals surface area contributed by atoms with Crippen molar-refractivity contribution >= 4 is 11.8 Å². The molecule has 1 aromatic rings. The quantitative estimate of drug-likeness (QED) is 0.871. The zero-order valence-corrected chi connectivity index (χ0v) is 10.4. The fraction of sp³-hybridized carbons (Fsp3) is 0.538. The van der Waals surface area contributed by atoms with E-state index in [0.29, 0.717) is 6.54 Å². The summed E-state index contributed by atoms with van der Waals surface area (Å²) in [6, 6.07) is 6.80. The maximum Gasteiger partial charge on any atom is 0.124 e. The van der Waals surface area contributed by atoms with Crippen LogP contribution in [0.2, 0.25) is 0 Å². The van der Waals surface area contributed by atoms with Gasteiger partial charge in [-0.15, -0.1) is 11.8 Å². The van der Waals surface area contributed by atoms with Gasteiger partial charge < -0.3 is 5.73 Å². The van der Waals surface area contributed by atoms with E-state index in [1.54, 1.807) is 23.9 Å². The Bertz CT molecular complexity index is 361. The highest BCUT2D eigenvalue weighted by atomic mass is 32.2. The zero-order valence-electron chi connectivity index (χ0n) is 9.58. The summed E-state index contributed by atoms with van der Waals surface area (Å²) >= 11 is 1.75. The molecule has 0 spiro atoms. The fourth-order valence-electron chi connectivity index (χ4n) is 2.35. The minimum Gasteiger partial charge on any atom is -0.329 e. The van der Waals surface area contributed by atoms with E-state index in [1.807, 2.05) is 6.07 Å². The molecule has 1 saturated carbocycles. The van der Waals surface area contributed by atoms with Gasteiger partial charge in [-0.25, -0.2) is 4.39 Å².